The van der Waals surface area contributed by atoms with Crippen molar-refractivity contribution < 1.29 is 0 Å². The van der Waals surface area contributed by atoms with E-state index in [1.165, 1.54) is 0 Å². The highest BCUT2D eigenvalue weighted by Gasteiger charge is 1.96. The molecule has 0 fully saturated rings. The maximum Gasteiger partial charge on any atom is 0.0976 e. The van der Waals surface area contributed by atoms with E-state index in [4.69, 9.17) is 11.6 Å². The highest BCUT2D eigenvalue weighted by atomic mass is 127. The Morgan fingerprint density at radius 1 is 1.71 bits per heavy atom. The predicted molar refractivity (Wildman–Crippen MR) is 42.2 cm³/mol. The summed E-state index contributed by atoms with van der Waals surface area (Å²) in [5.41, 5.74) is 0. The number of hydrogen-bond acceptors (Lipinski definition) is 1. The molecule has 0 saturated carbocycles. The van der Waals surface area contributed by atoms with Crippen LogP contribution in [0.15, 0.2) is 0 Å². The third-order valence-electron chi connectivity index (χ3n) is 0.503. The van der Waals surface area contributed by atoms with Gasteiger partial charge in [0, 0.05) is 6.54 Å². The Bertz CT molecular complexity index is 41.0. The molecule has 1 atom stereocenters. The highest BCUT2D eigenvalue weighted by Crippen LogP contribution is 2.04. The second-order valence-corrected chi connectivity index (χ2v) is 4.42. The van der Waals surface area contributed by atoms with E-state index in [0.717, 1.165) is 6.54 Å². The zero-order valence-electron chi connectivity index (χ0n) is 4.49. The average molecular weight is 233 g/mol. The maximum atomic E-state index is 5.62. The van der Waals surface area contributed by atoms with Gasteiger partial charge in [-0.2, -0.15) is 0 Å². The van der Waals surface area contributed by atoms with Gasteiger partial charge in [0.2, 0.25) is 0 Å². The van der Waals surface area contributed by atoms with Crippen LogP contribution < -0.4 is 0 Å². The fourth-order valence-electron chi connectivity index (χ4n) is 0.276. The SMILES string of the molecule is CN(C)CC(Cl)I. The van der Waals surface area contributed by atoms with Crippen LogP contribution in [0.1, 0.15) is 0 Å². The first-order valence-electron chi connectivity index (χ1n) is 2.06. The van der Waals surface area contributed by atoms with Crippen LogP contribution in [0, 0.1) is 0 Å². The van der Waals surface area contributed by atoms with Crippen LogP contribution in [0.2, 0.25) is 0 Å². The Kier molecular flexibility index (Phi) is 4.47. The molecule has 0 N–H and O–H groups in total. The second-order valence-electron chi connectivity index (χ2n) is 1.65. The van der Waals surface area contributed by atoms with Gasteiger partial charge < -0.3 is 4.90 Å². The molecular formula is C4H9ClIN. The van der Waals surface area contributed by atoms with Gasteiger partial charge in [0.1, 0.15) is 0 Å². The molecule has 3 heteroatoms. The first kappa shape index (κ1) is 7.98. The lowest BCUT2D eigenvalue weighted by atomic mass is 10.7. The average Bonchev–Trinajstić information content (AvgIpc) is 1.27. The Hall–Kier alpha value is 0.980. The molecule has 0 aliphatic rings. The standard InChI is InChI=1S/C4H9ClIN/c1-7(2)3-4(5)6/h4H,3H2,1-2H3. The molecule has 44 valence electrons. The van der Waals surface area contributed by atoms with Crippen molar-refractivity contribution in [3.05, 3.63) is 0 Å². The first-order chi connectivity index (χ1) is 3.13. The van der Waals surface area contributed by atoms with Crippen LogP contribution >= 0.6 is 34.2 Å². The molecule has 1 nitrogen and oxygen atoms in total. The smallest absolute Gasteiger partial charge is 0.0976 e. The van der Waals surface area contributed by atoms with Crippen molar-refractivity contribution in [3.63, 3.8) is 0 Å². The van der Waals surface area contributed by atoms with Crippen LogP contribution in [0.4, 0.5) is 0 Å². The predicted octanol–water partition coefficient (Wildman–Crippen LogP) is 1.55. The molecule has 0 bridgehead atoms. The topological polar surface area (TPSA) is 3.24 Å². The summed E-state index contributed by atoms with van der Waals surface area (Å²) in [7, 11) is 4.02. The summed E-state index contributed by atoms with van der Waals surface area (Å²) in [6.07, 6.45) is 0. The quantitative estimate of drug-likeness (QED) is 0.517. The van der Waals surface area contributed by atoms with Crippen molar-refractivity contribution >= 4 is 34.2 Å². The normalized spacial score (nSPS) is 15.0. The molecule has 7 heavy (non-hydrogen) atoms. The molecule has 0 amide bonds. The summed E-state index contributed by atoms with van der Waals surface area (Å²) in [5, 5.41) is 0. The van der Waals surface area contributed by atoms with Crippen molar-refractivity contribution in [1.82, 2.24) is 4.90 Å². The Morgan fingerprint density at radius 2 is 2.14 bits per heavy atom. The molecule has 0 aliphatic heterocycles. The monoisotopic (exact) mass is 233 g/mol. The minimum atomic E-state index is 0.243. The number of alkyl halides is 2. The van der Waals surface area contributed by atoms with E-state index in [1.807, 2.05) is 14.1 Å². The largest absolute Gasteiger partial charge is 0.307 e. The van der Waals surface area contributed by atoms with Crippen molar-refractivity contribution in [1.29, 1.82) is 0 Å². The van der Waals surface area contributed by atoms with E-state index < -0.39 is 0 Å². The van der Waals surface area contributed by atoms with Gasteiger partial charge in [0.25, 0.3) is 0 Å². The molecule has 0 aromatic carbocycles. The van der Waals surface area contributed by atoms with Crippen molar-refractivity contribution in [3.8, 4) is 0 Å². The molecule has 0 heterocycles. The van der Waals surface area contributed by atoms with Gasteiger partial charge in [-0.05, 0) is 14.1 Å². The summed E-state index contributed by atoms with van der Waals surface area (Å²) in [6, 6.07) is 0. The Morgan fingerprint density at radius 3 is 2.14 bits per heavy atom. The zero-order chi connectivity index (χ0) is 5.86. The van der Waals surface area contributed by atoms with E-state index in [2.05, 4.69) is 27.5 Å². The van der Waals surface area contributed by atoms with E-state index in [9.17, 15) is 0 Å². The summed E-state index contributed by atoms with van der Waals surface area (Å²) in [6.45, 7) is 0.947. The van der Waals surface area contributed by atoms with Crippen molar-refractivity contribution in [2.24, 2.45) is 0 Å². The van der Waals surface area contributed by atoms with Gasteiger partial charge in [0.15, 0.2) is 0 Å². The van der Waals surface area contributed by atoms with Gasteiger partial charge in [-0.1, -0.05) is 22.6 Å². The van der Waals surface area contributed by atoms with Gasteiger partial charge in [0.05, 0.1) is 3.38 Å². The fourth-order valence-corrected chi connectivity index (χ4v) is 1.34. The number of rotatable bonds is 2. The third kappa shape index (κ3) is 6.98. The van der Waals surface area contributed by atoms with Crippen LogP contribution in [-0.4, -0.2) is 28.9 Å². The highest BCUT2D eigenvalue weighted by molar-refractivity contribution is 14.1. The second kappa shape index (κ2) is 3.92. The first-order valence-corrected chi connectivity index (χ1v) is 3.74. The molecule has 1 unspecified atom stereocenters. The molecule has 0 saturated heterocycles. The molecule has 0 aliphatic carbocycles. The Labute approximate surface area is 63.2 Å². The van der Waals surface area contributed by atoms with Crippen LogP contribution in [-0.2, 0) is 0 Å². The molecule has 0 radical (unpaired) electrons. The summed E-state index contributed by atoms with van der Waals surface area (Å²) in [5.74, 6) is 0. The van der Waals surface area contributed by atoms with Crippen molar-refractivity contribution in [2.75, 3.05) is 20.6 Å². The third-order valence-corrected chi connectivity index (χ3v) is 1.04. The van der Waals surface area contributed by atoms with Crippen molar-refractivity contribution in [2.45, 2.75) is 3.38 Å². The minimum Gasteiger partial charge on any atom is -0.307 e. The Balaban J connectivity index is 2.95. The van der Waals surface area contributed by atoms with Crippen LogP contribution in [0.3, 0.4) is 0 Å². The molecular weight excluding hydrogens is 224 g/mol. The molecule has 0 spiro atoms. The lowest BCUT2D eigenvalue weighted by Crippen LogP contribution is -2.17. The summed E-state index contributed by atoms with van der Waals surface area (Å²) < 4.78 is 0.243. The summed E-state index contributed by atoms with van der Waals surface area (Å²) >= 11 is 7.80. The van der Waals surface area contributed by atoms with E-state index in [0.29, 0.717) is 0 Å². The zero-order valence-corrected chi connectivity index (χ0v) is 7.40. The lowest BCUT2D eigenvalue weighted by Gasteiger charge is -2.08. The van der Waals surface area contributed by atoms with E-state index >= 15 is 0 Å². The fraction of sp³-hybridized carbons (Fsp3) is 1.00. The van der Waals surface area contributed by atoms with Gasteiger partial charge in [-0.15, -0.1) is 11.6 Å². The number of nitrogens with zero attached hydrogens (tertiary/aromatic N) is 1. The van der Waals surface area contributed by atoms with Crippen LogP contribution in [0.5, 0.6) is 0 Å². The van der Waals surface area contributed by atoms with Gasteiger partial charge in [-0.25, -0.2) is 0 Å². The molecule has 0 rings (SSSR count). The van der Waals surface area contributed by atoms with E-state index in [-0.39, 0.29) is 3.38 Å². The van der Waals surface area contributed by atoms with Gasteiger partial charge >= 0.3 is 0 Å². The maximum absolute atomic E-state index is 5.62. The molecule has 0 aromatic rings. The number of halogens is 2. The molecule has 0 aromatic heterocycles. The van der Waals surface area contributed by atoms with E-state index in [1.54, 1.807) is 0 Å². The number of hydrogen-bond donors (Lipinski definition) is 0. The van der Waals surface area contributed by atoms with Crippen LogP contribution in [0.25, 0.3) is 0 Å². The lowest BCUT2D eigenvalue weighted by molar-refractivity contribution is 0.432. The minimum absolute atomic E-state index is 0.243. The van der Waals surface area contributed by atoms with Gasteiger partial charge in [-0.3, -0.25) is 0 Å². The summed E-state index contributed by atoms with van der Waals surface area (Å²) in [4.78, 5) is 2.06.